The third-order valence-electron chi connectivity index (χ3n) is 2.92. The summed E-state index contributed by atoms with van der Waals surface area (Å²) in [5, 5.41) is 11.1. The third kappa shape index (κ3) is 3.74. The SMILES string of the molecule is CNC(Cc1cn(C)nn1)c1ccc(OC(F)F)cc1. The summed E-state index contributed by atoms with van der Waals surface area (Å²) in [5.74, 6) is 0.151. The molecule has 2 aromatic rings. The van der Waals surface area contributed by atoms with E-state index in [0.717, 1.165) is 11.3 Å². The van der Waals surface area contributed by atoms with Gasteiger partial charge in [-0.3, -0.25) is 4.68 Å². The first-order chi connectivity index (χ1) is 9.58. The molecule has 1 heterocycles. The van der Waals surface area contributed by atoms with Gasteiger partial charge in [0.05, 0.1) is 5.69 Å². The molecule has 0 spiro atoms. The molecule has 2 rings (SSSR count). The summed E-state index contributed by atoms with van der Waals surface area (Å²) in [6.07, 6.45) is 2.51. The number of alkyl halides is 2. The zero-order chi connectivity index (χ0) is 14.5. The van der Waals surface area contributed by atoms with Crippen LogP contribution < -0.4 is 10.1 Å². The van der Waals surface area contributed by atoms with Crippen molar-refractivity contribution in [3.8, 4) is 5.75 Å². The monoisotopic (exact) mass is 282 g/mol. The number of aromatic nitrogens is 3. The van der Waals surface area contributed by atoms with Crippen molar-refractivity contribution in [3.63, 3.8) is 0 Å². The van der Waals surface area contributed by atoms with E-state index in [1.54, 1.807) is 23.9 Å². The number of ether oxygens (including phenoxy) is 1. The van der Waals surface area contributed by atoms with Gasteiger partial charge in [-0.05, 0) is 24.7 Å². The predicted molar refractivity (Wildman–Crippen MR) is 69.6 cm³/mol. The molecule has 1 N–H and O–H groups in total. The average Bonchev–Trinajstić information content (AvgIpc) is 2.82. The van der Waals surface area contributed by atoms with Gasteiger partial charge in [0.1, 0.15) is 5.75 Å². The first-order valence-electron chi connectivity index (χ1n) is 6.15. The minimum atomic E-state index is -2.81. The molecule has 0 fully saturated rings. The molecule has 5 nitrogen and oxygen atoms in total. The highest BCUT2D eigenvalue weighted by atomic mass is 19.3. The van der Waals surface area contributed by atoms with Gasteiger partial charge in [-0.15, -0.1) is 5.10 Å². The number of likely N-dealkylation sites (N-methyl/N-ethyl adjacent to an activating group) is 1. The second-order valence-electron chi connectivity index (χ2n) is 4.38. The minimum absolute atomic E-state index is 0.0345. The Bertz CT molecular complexity index is 542. The van der Waals surface area contributed by atoms with Gasteiger partial charge in [0.2, 0.25) is 0 Å². The zero-order valence-electron chi connectivity index (χ0n) is 11.3. The van der Waals surface area contributed by atoms with Gasteiger partial charge in [-0.25, -0.2) is 0 Å². The van der Waals surface area contributed by atoms with Crippen LogP contribution in [0.1, 0.15) is 17.3 Å². The number of rotatable bonds is 6. The quantitative estimate of drug-likeness (QED) is 0.879. The number of nitrogens with one attached hydrogen (secondary N) is 1. The molecule has 1 aromatic heterocycles. The van der Waals surface area contributed by atoms with Crippen LogP contribution in [0.4, 0.5) is 8.78 Å². The Morgan fingerprint density at radius 3 is 2.50 bits per heavy atom. The molecule has 1 atom stereocenters. The summed E-state index contributed by atoms with van der Waals surface area (Å²) in [6, 6.07) is 6.61. The van der Waals surface area contributed by atoms with Crippen LogP contribution in [0.3, 0.4) is 0 Å². The Kier molecular flexibility index (Phi) is 4.62. The molecule has 1 unspecified atom stereocenters. The van der Waals surface area contributed by atoms with Crippen molar-refractivity contribution < 1.29 is 13.5 Å². The fraction of sp³-hybridized carbons (Fsp3) is 0.385. The van der Waals surface area contributed by atoms with E-state index >= 15 is 0 Å². The van der Waals surface area contributed by atoms with E-state index < -0.39 is 6.61 Å². The van der Waals surface area contributed by atoms with Crippen LogP contribution in [0.15, 0.2) is 30.5 Å². The lowest BCUT2D eigenvalue weighted by atomic mass is 10.0. The van der Waals surface area contributed by atoms with Crippen LogP contribution in [0.2, 0.25) is 0 Å². The van der Waals surface area contributed by atoms with E-state index in [9.17, 15) is 8.78 Å². The van der Waals surface area contributed by atoms with E-state index in [4.69, 9.17) is 0 Å². The zero-order valence-corrected chi connectivity index (χ0v) is 11.3. The van der Waals surface area contributed by atoms with Crippen LogP contribution in [-0.4, -0.2) is 28.7 Å². The molecule has 0 aliphatic rings. The van der Waals surface area contributed by atoms with Gasteiger partial charge in [-0.2, -0.15) is 8.78 Å². The van der Waals surface area contributed by atoms with Crippen molar-refractivity contribution in [2.24, 2.45) is 7.05 Å². The molecule has 0 aliphatic carbocycles. The van der Waals surface area contributed by atoms with Crippen LogP contribution >= 0.6 is 0 Å². The number of halogens is 2. The number of hydrogen-bond donors (Lipinski definition) is 1. The summed E-state index contributed by atoms with van der Waals surface area (Å²) in [7, 11) is 3.64. The maximum atomic E-state index is 12.1. The highest BCUT2D eigenvalue weighted by Crippen LogP contribution is 2.21. The molecular formula is C13H16F2N4O. The fourth-order valence-electron chi connectivity index (χ4n) is 1.97. The summed E-state index contributed by atoms with van der Waals surface area (Å²) in [5.41, 5.74) is 1.83. The molecule has 7 heteroatoms. The van der Waals surface area contributed by atoms with Gasteiger partial charge in [0.25, 0.3) is 0 Å². The van der Waals surface area contributed by atoms with E-state index in [1.165, 1.54) is 12.1 Å². The first kappa shape index (κ1) is 14.4. The number of hydrogen-bond acceptors (Lipinski definition) is 4. The van der Waals surface area contributed by atoms with Crippen molar-refractivity contribution in [3.05, 3.63) is 41.7 Å². The third-order valence-corrected chi connectivity index (χ3v) is 2.92. The highest BCUT2D eigenvalue weighted by molar-refractivity contribution is 5.29. The normalized spacial score (nSPS) is 12.7. The average molecular weight is 282 g/mol. The Morgan fingerprint density at radius 1 is 1.30 bits per heavy atom. The van der Waals surface area contributed by atoms with E-state index in [-0.39, 0.29) is 11.8 Å². The molecule has 0 amide bonds. The lowest BCUT2D eigenvalue weighted by Gasteiger charge is -2.15. The van der Waals surface area contributed by atoms with E-state index in [0.29, 0.717) is 6.42 Å². The van der Waals surface area contributed by atoms with Gasteiger partial charge in [-0.1, -0.05) is 17.3 Å². The van der Waals surface area contributed by atoms with Crippen molar-refractivity contribution in [1.29, 1.82) is 0 Å². The van der Waals surface area contributed by atoms with Crippen molar-refractivity contribution in [2.45, 2.75) is 19.1 Å². The Hall–Kier alpha value is -2.02. The van der Waals surface area contributed by atoms with Crippen molar-refractivity contribution in [1.82, 2.24) is 20.3 Å². The molecular weight excluding hydrogens is 266 g/mol. The second kappa shape index (κ2) is 6.42. The molecule has 1 aromatic carbocycles. The molecule has 0 bridgehead atoms. The number of benzene rings is 1. The van der Waals surface area contributed by atoms with Gasteiger partial charge in [0, 0.05) is 25.7 Å². The second-order valence-corrected chi connectivity index (χ2v) is 4.38. The van der Waals surface area contributed by atoms with Gasteiger partial charge in [0.15, 0.2) is 0 Å². The van der Waals surface area contributed by atoms with Gasteiger partial charge >= 0.3 is 6.61 Å². The van der Waals surface area contributed by atoms with Crippen LogP contribution in [0, 0.1) is 0 Å². The number of nitrogens with zero attached hydrogens (tertiary/aromatic N) is 3. The largest absolute Gasteiger partial charge is 0.435 e. The standard InChI is InChI=1S/C13H16F2N4O/c1-16-12(7-10-8-19(2)18-17-10)9-3-5-11(6-4-9)20-13(14)15/h3-6,8,12-13,16H,7H2,1-2H3. The van der Waals surface area contributed by atoms with Crippen LogP contribution in [0.5, 0.6) is 5.75 Å². The number of aryl methyl sites for hydroxylation is 1. The topological polar surface area (TPSA) is 52.0 Å². The fourth-order valence-corrected chi connectivity index (χ4v) is 1.97. The minimum Gasteiger partial charge on any atom is -0.435 e. The molecule has 0 saturated heterocycles. The molecule has 20 heavy (non-hydrogen) atoms. The summed E-state index contributed by atoms with van der Waals surface area (Å²) in [4.78, 5) is 0. The molecule has 108 valence electrons. The lowest BCUT2D eigenvalue weighted by Crippen LogP contribution is -2.19. The van der Waals surface area contributed by atoms with Crippen molar-refractivity contribution in [2.75, 3.05) is 7.05 Å². The maximum Gasteiger partial charge on any atom is 0.387 e. The van der Waals surface area contributed by atoms with E-state index in [2.05, 4.69) is 20.4 Å². The Balaban J connectivity index is 2.07. The van der Waals surface area contributed by atoms with Crippen molar-refractivity contribution >= 4 is 0 Å². The highest BCUT2D eigenvalue weighted by Gasteiger charge is 2.13. The lowest BCUT2D eigenvalue weighted by molar-refractivity contribution is -0.0498. The Labute approximate surface area is 115 Å². The molecule has 0 saturated carbocycles. The van der Waals surface area contributed by atoms with Crippen LogP contribution in [0.25, 0.3) is 0 Å². The predicted octanol–water partition coefficient (Wildman–Crippen LogP) is 1.92. The molecule has 0 radical (unpaired) electrons. The van der Waals surface area contributed by atoms with Crippen LogP contribution in [-0.2, 0) is 13.5 Å². The summed E-state index contributed by atoms with van der Waals surface area (Å²) < 4.78 is 30.1. The first-order valence-corrected chi connectivity index (χ1v) is 6.15. The summed E-state index contributed by atoms with van der Waals surface area (Å²) >= 11 is 0. The molecule has 0 aliphatic heterocycles. The van der Waals surface area contributed by atoms with Gasteiger partial charge < -0.3 is 10.1 Å². The Morgan fingerprint density at radius 2 is 2.00 bits per heavy atom. The maximum absolute atomic E-state index is 12.1. The van der Waals surface area contributed by atoms with E-state index in [1.807, 2.05) is 13.2 Å². The summed E-state index contributed by atoms with van der Waals surface area (Å²) in [6.45, 7) is -2.81. The smallest absolute Gasteiger partial charge is 0.387 e.